The van der Waals surface area contributed by atoms with Crippen LogP contribution >= 0.6 is 0 Å². The lowest BCUT2D eigenvalue weighted by Gasteiger charge is -2.12. The Morgan fingerprint density at radius 3 is 2.53 bits per heavy atom. The fourth-order valence-corrected chi connectivity index (χ4v) is 3.64. The molecule has 0 radical (unpaired) electrons. The molecule has 2 aromatic carbocycles. The molecule has 2 aromatic heterocycles. The van der Waals surface area contributed by atoms with Crippen LogP contribution in [0, 0.1) is 0 Å². The zero-order chi connectivity index (χ0) is 24.4. The van der Waals surface area contributed by atoms with Crippen molar-refractivity contribution in [2.45, 2.75) is 39.4 Å². The third-order valence-electron chi connectivity index (χ3n) is 5.77. The van der Waals surface area contributed by atoms with E-state index in [-0.39, 0.29) is 40.7 Å². The summed E-state index contributed by atoms with van der Waals surface area (Å²) in [6.45, 7) is 3.86. The quantitative estimate of drug-likeness (QED) is 0.428. The van der Waals surface area contributed by atoms with Gasteiger partial charge in [0.05, 0.1) is 10.9 Å². The smallest absolute Gasteiger partial charge is 0.350 e. The van der Waals surface area contributed by atoms with E-state index in [9.17, 15) is 19.2 Å². The lowest BCUT2D eigenvalue weighted by atomic mass is 10.1. The van der Waals surface area contributed by atoms with E-state index in [1.165, 1.54) is 28.1 Å². The normalized spacial score (nSPS) is 12.1. The maximum absolute atomic E-state index is 13.2. The first-order valence-electron chi connectivity index (χ1n) is 11.0. The molecule has 2 heterocycles. The van der Waals surface area contributed by atoms with Crippen LogP contribution in [-0.2, 0) is 24.9 Å². The molecular formula is C24H26N6O4. The largest absolute Gasteiger partial charge is 0.352 e. The summed E-state index contributed by atoms with van der Waals surface area (Å²) in [4.78, 5) is 51.1. The van der Waals surface area contributed by atoms with Crippen LogP contribution in [0.25, 0.3) is 16.7 Å². The lowest BCUT2D eigenvalue weighted by Crippen LogP contribution is -2.33. The number of carbonyl (C=O) groups is 2. The van der Waals surface area contributed by atoms with Crippen LogP contribution in [0.4, 0.5) is 0 Å². The molecule has 34 heavy (non-hydrogen) atoms. The summed E-state index contributed by atoms with van der Waals surface area (Å²) < 4.78 is 3.52. The number of rotatable bonds is 7. The van der Waals surface area contributed by atoms with E-state index in [0.717, 1.165) is 16.7 Å². The summed E-state index contributed by atoms with van der Waals surface area (Å²) >= 11 is 0. The fraction of sp³-hybridized carbons (Fsp3) is 0.292. The van der Waals surface area contributed by atoms with Gasteiger partial charge in [0.15, 0.2) is 0 Å². The van der Waals surface area contributed by atoms with Gasteiger partial charge in [0.2, 0.25) is 11.7 Å². The highest BCUT2D eigenvalue weighted by Crippen LogP contribution is 2.14. The van der Waals surface area contributed by atoms with E-state index in [0.29, 0.717) is 12.1 Å². The number of carbonyl (C=O) groups excluding carboxylic acids is 2. The van der Waals surface area contributed by atoms with Gasteiger partial charge in [-0.25, -0.2) is 13.9 Å². The number of benzene rings is 2. The zero-order valence-electron chi connectivity index (χ0n) is 19.2. The highest BCUT2D eigenvalue weighted by molar-refractivity contribution is 5.98. The maximum Gasteiger partial charge on any atom is 0.352 e. The monoisotopic (exact) mass is 462 g/mol. The van der Waals surface area contributed by atoms with Crippen molar-refractivity contribution in [1.29, 1.82) is 0 Å². The van der Waals surface area contributed by atoms with Crippen LogP contribution in [-0.4, -0.2) is 36.6 Å². The van der Waals surface area contributed by atoms with Gasteiger partial charge in [-0.3, -0.25) is 19.0 Å². The molecule has 0 aliphatic rings. The van der Waals surface area contributed by atoms with Gasteiger partial charge >= 0.3 is 5.69 Å². The minimum absolute atomic E-state index is 0.0215. The molecule has 2 amide bonds. The van der Waals surface area contributed by atoms with Crippen molar-refractivity contribution in [2.24, 2.45) is 7.05 Å². The van der Waals surface area contributed by atoms with Crippen molar-refractivity contribution in [1.82, 2.24) is 29.4 Å². The second kappa shape index (κ2) is 9.34. The number of hydrogen-bond donors (Lipinski definition) is 2. The molecule has 176 valence electrons. The Morgan fingerprint density at radius 1 is 1.09 bits per heavy atom. The van der Waals surface area contributed by atoms with E-state index in [1.807, 2.05) is 44.2 Å². The van der Waals surface area contributed by atoms with Gasteiger partial charge in [0, 0.05) is 25.2 Å². The standard InChI is InChI=1S/C24H26N6O4/c1-4-15(2)26-21(32)17-10-11-18-19(12-17)30-23(28(3)22(18)33)27-29(24(30)34)14-20(31)25-13-16-8-6-5-7-9-16/h5-12,15H,4,13-14H2,1-3H3,(H,25,31)(H,26,32). The van der Waals surface area contributed by atoms with Crippen LogP contribution in [0.15, 0.2) is 58.1 Å². The minimum Gasteiger partial charge on any atom is -0.350 e. The van der Waals surface area contributed by atoms with Crippen LogP contribution in [0.5, 0.6) is 0 Å². The Bertz CT molecular complexity index is 1500. The van der Waals surface area contributed by atoms with Crippen LogP contribution in [0.2, 0.25) is 0 Å². The van der Waals surface area contributed by atoms with Crippen molar-refractivity contribution >= 4 is 28.5 Å². The molecule has 0 saturated heterocycles. The van der Waals surface area contributed by atoms with Gasteiger partial charge in [0.1, 0.15) is 6.54 Å². The molecule has 2 N–H and O–H groups in total. The molecule has 0 aliphatic carbocycles. The van der Waals surface area contributed by atoms with Crippen molar-refractivity contribution in [3.63, 3.8) is 0 Å². The summed E-state index contributed by atoms with van der Waals surface area (Å²) in [5.41, 5.74) is 0.570. The third kappa shape index (κ3) is 4.34. The predicted octanol–water partition coefficient (Wildman–Crippen LogP) is 1.19. The number of hydrogen-bond acceptors (Lipinski definition) is 5. The van der Waals surface area contributed by atoms with Gasteiger partial charge in [-0.2, -0.15) is 0 Å². The average molecular weight is 463 g/mol. The zero-order valence-corrected chi connectivity index (χ0v) is 19.2. The van der Waals surface area contributed by atoms with Crippen molar-refractivity contribution in [2.75, 3.05) is 0 Å². The van der Waals surface area contributed by atoms with Gasteiger partial charge < -0.3 is 10.6 Å². The van der Waals surface area contributed by atoms with Crippen LogP contribution in [0.1, 0.15) is 36.2 Å². The van der Waals surface area contributed by atoms with Crippen LogP contribution < -0.4 is 21.9 Å². The SMILES string of the molecule is CCC(C)NC(=O)c1ccc2c(=O)n(C)c3nn(CC(=O)NCc4ccccc4)c(=O)n3c2c1. The third-order valence-corrected chi connectivity index (χ3v) is 5.77. The van der Waals surface area contributed by atoms with E-state index in [2.05, 4.69) is 15.7 Å². The molecule has 4 rings (SSSR count). The topological polar surface area (TPSA) is 120 Å². The Labute approximate surface area is 194 Å². The average Bonchev–Trinajstić information content (AvgIpc) is 3.17. The van der Waals surface area contributed by atoms with Gasteiger partial charge in [0.25, 0.3) is 11.5 Å². The summed E-state index contributed by atoms with van der Waals surface area (Å²) in [5.74, 6) is -0.610. The van der Waals surface area contributed by atoms with Crippen molar-refractivity contribution < 1.29 is 9.59 Å². The summed E-state index contributed by atoms with van der Waals surface area (Å²) in [6.07, 6.45) is 0.767. The van der Waals surface area contributed by atoms with Crippen molar-refractivity contribution in [3.05, 3.63) is 80.5 Å². The number of fused-ring (bicyclic) bond motifs is 3. The maximum atomic E-state index is 13.2. The Morgan fingerprint density at radius 2 is 1.82 bits per heavy atom. The molecule has 0 saturated carbocycles. The summed E-state index contributed by atoms with van der Waals surface area (Å²) in [6, 6.07) is 14.0. The molecule has 10 nitrogen and oxygen atoms in total. The fourth-order valence-electron chi connectivity index (χ4n) is 3.64. The molecule has 0 spiro atoms. The van der Waals surface area contributed by atoms with E-state index in [1.54, 1.807) is 6.07 Å². The molecular weight excluding hydrogens is 436 g/mol. The summed E-state index contributed by atoms with van der Waals surface area (Å²) in [5, 5.41) is 10.1. The first-order chi connectivity index (χ1) is 16.3. The van der Waals surface area contributed by atoms with E-state index >= 15 is 0 Å². The van der Waals surface area contributed by atoms with Gasteiger partial charge in [-0.05, 0) is 37.1 Å². The molecule has 1 atom stereocenters. The Kier molecular flexibility index (Phi) is 6.31. The highest BCUT2D eigenvalue weighted by atomic mass is 16.2. The number of aryl methyl sites for hydroxylation is 1. The number of nitrogens with zero attached hydrogens (tertiary/aromatic N) is 4. The van der Waals surface area contributed by atoms with Gasteiger partial charge in [-0.15, -0.1) is 5.10 Å². The second-order valence-corrected chi connectivity index (χ2v) is 8.22. The summed E-state index contributed by atoms with van der Waals surface area (Å²) in [7, 11) is 1.51. The van der Waals surface area contributed by atoms with Crippen LogP contribution in [0.3, 0.4) is 0 Å². The van der Waals surface area contributed by atoms with Crippen molar-refractivity contribution in [3.8, 4) is 0 Å². The molecule has 1 unspecified atom stereocenters. The highest BCUT2D eigenvalue weighted by Gasteiger charge is 2.19. The van der Waals surface area contributed by atoms with E-state index in [4.69, 9.17) is 0 Å². The molecule has 0 bridgehead atoms. The van der Waals surface area contributed by atoms with E-state index < -0.39 is 11.6 Å². The number of amides is 2. The minimum atomic E-state index is -0.579. The molecule has 0 fully saturated rings. The first kappa shape index (κ1) is 23.0. The Balaban J connectivity index is 1.71. The van der Waals surface area contributed by atoms with Gasteiger partial charge in [-0.1, -0.05) is 37.3 Å². The lowest BCUT2D eigenvalue weighted by molar-refractivity contribution is -0.122. The Hall–Kier alpha value is -4.21. The molecule has 4 aromatic rings. The molecule has 0 aliphatic heterocycles. The number of nitrogens with one attached hydrogen (secondary N) is 2. The predicted molar refractivity (Wildman–Crippen MR) is 128 cm³/mol. The number of aromatic nitrogens is 4. The molecule has 10 heteroatoms. The second-order valence-electron chi connectivity index (χ2n) is 8.22. The first-order valence-corrected chi connectivity index (χ1v) is 11.0.